The molecule has 0 aliphatic carbocycles. The van der Waals surface area contributed by atoms with E-state index in [1.54, 1.807) is 18.2 Å². The van der Waals surface area contributed by atoms with Gasteiger partial charge in [0.15, 0.2) is 5.82 Å². The third-order valence-corrected chi connectivity index (χ3v) is 6.59. The van der Waals surface area contributed by atoms with E-state index >= 15 is 0 Å². The molecule has 3 aromatic rings. The highest BCUT2D eigenvalue weighted by Crippen LogP contribution is 2.26. The smallest absolute Gasteiger partial charge is 0.261 e. The number of anilines is 2. The second-order valence-corrected chi connectivity index (χ2v) is 10.5. The van der Waals surface area contributed by atoms with Gasteiger partial charge >= 0.3 is 0 Å². The zero-order valence-electron chi connectivity index (χ0n) is 18.0. The van der Waals surface area contributed by atoms with Gasteiger partial charge in [0.1, 0.15) is 0 Å². The van der Waals surface area contributed by atoms with Crippen LogP contribution >= 0.6 is 11.6 Å². The van der Waals surface area contributed by atoms with Crippen molar-refractivity contribution in [2.24, 2.45) is 0 Å². The summed E-state index contributed by atoms with van der Waals surface area (Å²) in [7, 11) is -3.91. The van der Waals surface area contributed by atoms with Crippen molar-refractivity contribution in [2.75, 3.05) is 10.0 Å². The Hall–Kier alpha value is -2.84. The summed E-state index contributed by atoms with van der Waals surface area (Å²) in [6, 6.07) is 11.0. The van der Waals surface area contributed by atoms with Crippen LogP contribution in [-0.4, -0.2) is 24.5 Å². The number of halogens is 1. The molecule has 2 aromatic carbocycles. The first-order valence-corrected chi connectivity index (χ1v) is 11.5. The maximum absolute atomic E-state index is 12.9. The van der Waals surface area contributed by atoms with Crippen LogP contribution in [0.2, 0.25) is 5.02 Å². The molecular weight excluding hydrogens is 436 g/mol. The standard InChI is InChI=1S/C22H25ClN4O3S/c1-13-6-7-15(10-14(13)2)27-31(29,30)16-8-9-18(23)17(11-16)21(28)24-20-12-19(25-26-20)22(3,4)5/h6-12,27H,1-5H3,(H2,24,25,26,28). The van der Waals surface area contributed by atoms with Crippen LogP contribution in [0.4, 0.5) is 11.5 Å². The summed E-state index contributed by atoms with van der Waals surface area (Å²) in [4.78, 5) is 12.7. The molecule has 0 spiro atoms. The van der Waals surface area contributed by atoms with Gasteiger partial charge in [-0.25, -0.2) is 8.42 Å². The summed E-state index contributed by atoms with van der Waals surface area (Å²) in [5.41, 5.74) is 3.18. The molecule has 0 atom stereocenters. The third kappa shape index (κ3) is 5.26. The van der Waals surface area contributed by atoms with Crippen LogP contribution in [0.25, 0.3) is 0 Å². The predicted molar refractivity (Wildman–Crippen MR) is 123 cm³/mol. The molecule has 0 unspecified atom stereocenters. The molecule has 31 heavy (non-hydrogen) atoms. The average Bonchev–Trinajstić information content (AvgIpc) is 3.13. The second kappa shape index (κ2) is 8.36. The van der Waals surface area contributed by atoms with E-state index in [1.807, 2.05) is 40.7 Å². The number of hydrogen-bond acceptors (Lipinski definition) is 4. The molecule has 1 heterocycles. The average molecular weight is 461 g/mol. The van der Waals surface area contributed by atoms with Crippen molar-refractivity contribution >= 4 is 39.0 Å². The van der Waals surface area contributed by atoms with Crippen LogP contribution in [0.15, 0.2) is 47.4 Å². The highest BCUT2D eigenvalue weighted by atomic mass is 35.5. The Labute approximate surface area is 187 Å². The minimum Gasteiger partial charge on any atom is -0.305 e. The molecule has 9 heteroatoms. The Balaban J connectivity index is 1.85. The number of nitrogens with zero attached hydrogens (tertiary/aromatic N) is 1. The second-order valence-electron chi connectivity index (χ2n) is 8.42. The lowest BCUT2D eigenvalue weighted by Gasteiger charge is -2.14. The molecule has 0 saturated heterocycles. The van der Waals surface area contributed by atoms with Crippen LogP contribution in [0, 0.1) is 13.8 Å². The van der Waals surface area contributed by atoms with Gasteiger partial charge in [-0.15, -0.1) is 0 Å². The van der Waals surface area contributed by atoms with E-state index in [1.165, 1.54) is 18.2 Å². The van der Waals surface area contributed by atoms with Gasteiger partial charge < -0.3 is 5.32 Å². The number of rotatable bonds is 5. The Morgan fingerprint density at radius 2 is 1.74 bits per heavy atom. The van der Waals surface area contributed by atoms with Crippen LogP contribution < -0.4 is 10.0 Å². The van der Waals surface area contributed by atoms with Gasteiger partial charge in [-0.2, -0.15) is 5.10 Å². The highest BCUT2D eigenvalue weighted by molar-refractivity contribution is 7.92. The zero-order chi connectivity index (χ0) is 23.0. The molecule has 0 aliphatic rings. The molecule has 3 rings (SSSR count). The van der Waals surface area contributed by atoms with Crippen molar-refractivity contribution in [1.82, 2.24) is 10.2 Å². The van der Waals surface area contributed by atoms with Crippen molar-refractivity contribution in [2.45, 2.75) is 44.9 Å². The van der Waals surface area contributed by atoms with E-state index < -0.39 is 15.9 Å². The number of nitrogens with one attached hydrogen (secondary N) is 3. The van der Waals surface area contributed by atoms with Crippen LogP contribution in [0.3, 0.4) is 0 Å². The molecule has 0 saturated carbocycles. The van der Waals surface area contributed by atoms with E-state index in [2.05, 4.69) is 20.2 Å². The van der Waals surface area contributed by atoms with Gasteiger partial charge in [0.25, 0.3) is 15.9 Å². The normalized spacial score (nSPS) is 11.9. The summed E-state index contributed by atoms with van der Waals surface area (Å²) < 4.78 is 28.2. The first-order chi connectivity index (χ1) is 14.4. The van der Waals surface area contributed by atoms with Crippen LogP contribution in [0.1, 0.15) is 48.0 Å². The summed E-state index contributed by atoms with van der Waals surface area (Å²) in [6.07, 6.45) is 0. The van der Waals surface area contributed by atoms with E-state index in [0.29, 0.717) is 11.5 Å². The van der Waals surface area contributed by atoms with Gasteiger partial charge in [-0.05, 0) is 55.3 Å². The third-order valence-electron chi connectivity index (χ3n) is 4.88. The Morgan fingerprint density at radius 3 is 2.35 bits per heavy atom. The van der Waals surface area contributed by atoms with E-state index in [-0.39, 0.29) is 20.9 Å². The van der Waals surface area contributed by atoms with Crippen molar-refractivity contribution in [3.05, 3.63) is 69.9 Å². The quantitative estimate of drug-likeness (QED) is 0.496. The fourth-order valence-electron chi connectivity index (χ4n) is 2.82. The molecule has 164 valence electrons. The lowest BCUT2D eigenvalue weighted by atomic mass is 9.92. The number of aromatic amines is 1. The monoisotopic (exact) mass is 460 g/mol. The van der Waals surface area contributed by atoms with Gasteiger partial charge in [0.05, 0.1) is 15.5 Å². The highest BCUT2D eigenvalue weighted by Gasteiger charge is 2.21. The minimum absolute atomic E-state index is 0.0323. The molecule has 0 aliphatic heterocycles. The van der Waals surface area contributed by atoms with Crippen LogP contribution in [0.5, 0.6) is 0 Å². The number of carbonyl (C=O) groups excluding carboxylic acids is 1. The molecule has 3 N–H and O–H groups in total. The number of benzene rings is 2. The van der Waals surface area contributed by atoms with Crippen molar-refractivity contribution in [3.8, 4) is 0 Å². The molecule has 1 amide bonds. The van der Waals surface area contributed by atoms with E-state index in [0.717, 1.165) is 16.8 Å². The molecular formula is C22H25ClN4O3S. The molecule has 0 bridgehead atoms. The van der Waals surface area contributed by atoms with Gasteiger partial charge in [0.2, 0.25) is 0 Å². The van der Waals surface area contributed by atoms with E-state index in [4.69, 9.17) is 11.6 Å². The van der Waals surface area contributed by atoms with Gasteiger partial charge in [-0.3, -0.25) is 14.6 Å². The summed E-state index contributed by atoms with van der Waals surface area (Å²) in [5, 5.41) is 9.76. The fourth-order valence-corrected chi connectivity index (χ4v) is 4.10. The van der Waals surface area contributed by atoms with Crippen molar-refractivity contribution < 1.29 is 13.2 Å². The Bertz CT molecular complexity index is 1240. The summed E-state index contributed by atoms with van der Waals surface area (Å²) in [6.45, 7) is 9.89. The number of aromatic nitrogens is 2. The Kier molecular flexibility index (Phi) is 6.16. The number of amides is 1. The lowest BCUT2D eigenvalue weighted by molar-refractivity contribution is 0.102. The van der Waals surface area contributed by atoms with Gasteiger partial charge in [-0.1, -0.05) is 38.4 Å². The molecule has 0 fully saturated rings. The Morgan fingerprint density at radius 1 is 1.03 bits per heavy atom. The SMILES string of the molecule is Cc1ccc(NS(=O)(=O)c2ccc(Cl)c(C(=O)Nc3cc(C(C)(C)C)[nH]n3)c2)cc1C. The number of sulfonamides is 1. The van der Waals surface area contributed by atoms with Gasteiger partial charge in [0, 0.05) is 22.9 Å². The number of aryl methyl sites for hydroxylation is 2. The maximum atomic E-state index is 12.9. The topological polar surface area (TPSA) is 104 Å². The number of H-pyrrole nitrogens is 1. The number of hydrogen-bond donors (Lipinski definition) is 3. The van der Waals surface area contributed by atoms with Crippen molar-refractivity contribution in [1.29, 1.82) is 0 Å². The molecule has 1 aromatic heterocycles. The van der Waals surface area contributed by atoms with E-state index in [9.17, 15) is 13.2 Å². The largest absolute Gasteiger partial charge is 0.305 e. The maximum Gasteiger partial charge on any atom is 0.261 e. The minimum atomic E-state index is -3.91. The number of carbonyl (C=O) groups is 1. The predicted octanol–water partition coefficient (Wildman–Crippen LogP) is 5.03. The first-order valence-electron chi connectivity index (χ1n) is 9.64. The summed E-state index contributed by atoms with van der Waals surface area (Å²) >= 11 is 6.18. The lowest BCUT2D eigenvalue weighted by Crippen LogP contribution is -2.16. The zero-order valence-corrected chi connectivity index (χ0v) is 19.6. The molecule has 0 radical (unpaired) electrons. The van der Waals surface area contributed by atoms with Crippen LogP contribution in [-0.2, 0) is 15.4 Å². The first kappa shape index (κ1) is 22.8. The fraction of sp³-hybridized carbons (Fsp3) is 0.273. The van der Waals surface area contributed by atoms with Crippen molar-refractivity contribution in [3.63, 3.8) is 0 Å². The molecule has 7 nitrogen and oxygen atoms in total. The summed E-state index contributed by atoms with van der Waals surface area (Å²) in [5.74, 6) is -0.229.